The summed E-state index contributed by atoms with van der Waals surface area (Å²) in [6.07, 6.45) is 12.4. The maximum Gasteiger partial charge on any atom is 0.170 e. The number of fused-ring (bicyclic) bond motifs is 1. The molecule has 4 rings (SSSR count). The van der Waals surface area contributed by atoms with Crippen LogP contribution in [0.5, 0.6) is 0 Å². The lowest BCUT2D eigenvalue weighted by Crippen LogP contribution is -2.26. The van der Waals surface area contributed by atoms with Gasteiger partial charge in [0, 0.05) is 5.56 Å². The van der Waals surface area contributed by atoms with Crippen LogP contribution < -0.4 is 0 Å². The number of hydrogen-bond acceptors (Lipinski definition) is 1. The average Bonchev–Trinajstić information content (AvgIpc) is 2.69. The van der Waals surface area contributed by atoms with Crippen molar-refractivity contribution in [2.45, 2.75) is 44.4 Å². The molecule has 2 aromatic rings. The molecular formula is C24H26O. The molecule has 2 aliphatic carbocycles. The summed E-state index contributed by atoms with van der Waals surface area (Å²) >= 11 is 0. The topological polar surface area (TPSA) is 17.1 Å². The molecule has 2 aromatic carbocycles. The summed E-state index contributed by atoms with van der Waals surface area (Å²) in [7, 11) is 0. The Kier molecular flexibility index (Phi) is 4.83. The number of carbonyl (C=O) groups excluding carboxylic acids is 1. The lowest BCUT2D eigenvalue weighted by molar-refractivity contribution is 0.0929. The van der Waals surface area contributed by atoms with Crippen LogP contribution in [0.15, 0.2) is 60.7 Å². The number of hydrogen-bond donors (Lipinski definition) is 0. The van der Waals surface area contributed by atoms with Crippen LogP contribution in [0.25, 0.3) is 6.08 Å². The largest absolute Gasteiger partial charge is 0.293 e. The Bertz CT molecular complexity index is 753. The third-order valence-electron chi connectivity index (χ3n) is 5.95. The first kappa shape index (κ1) is 16.3. The molecule has 2 aliphatic rings. The number of Topliss-reactive ketones (excluding diaryl/α,β-unsaturated/α-hetero) is 1. The van der Waals surface area contributed by atoms with Crippen molar-refractivity contribution in [2.24, 2.45) is 11.8 Å². The van der Waals surface area contributed by atoms with Crippen LogP contribution in [0.3, 0.4) is 0 Å². The number of carbonyl (C=O) groups is 1. The summed E-state index contributed by atoms with van der Waals surface area (Å²) in [6.45, 7) is 0. The van der Waals surface area contributed by atoms with Gasteiger partial charge in [0.15, 0.2) is 5.78 Å². The normalized spacial score (nSPS) is 23.2. The van der Waals surface area contributed by atoms with Crippen LogP contribution in [0.2, 0.25) is 0 Å². The van der Waals surface area contributed by atoms with Crippen molar-refractivity contribution < 1.29 is 4.79 Å². The van der Waals surface area contributed by atoms with Crippen molar-refractivity contribution in [1.82, 2.24) is 0 Å². The van der Waals surface area contributed by atoms with Gasteiger partial charge in [0.1, 0.15) is 0 Å². The summed E-state index contributed by atoms with van der Waals surface area (Å²) in [6, 6.07) is 18.2. The second kappa shape index (κ2) is 7.39. The third kappa shape index (κ3) is 3.46. The maximum absolute atomic E-state index is 13.4. The van der Waals surface area contributed by atoms with Crippen LogP contribution in [-0.4, -0.2) is 5.78 Å². The molecule has 0 spiro atoms. The molecule has 128 valence electrons. The Labute approximate surface area is 150 Å². The highest BCUT2D eigenvalue weighted by Gasteiger charge is 2.34. The van der Waals surface area contributed by atoms with Crippen LogP contribution in [0.4, 0.5) is 0 Å². The first-order chi connectivity index (χ1) is 12.3. The molecule has 0 aliphatic heterocycles. The average molecular weight is 330 g/mol. The number of benzene rings is 2. The van der Waals surface area contributed by atoms with Gasteiger partial charge in [-0.05, 0) is 29.4 Å². The predicted molar refractivity (Wildman–Crippen MR) is 104 cm³/mol. The highest BCUT2D eigenvalue weighted by atomic mass is 16.1. The van der Waals surface area contributed by atoms with E-state index in [1.165, 1.54) is 43.2 Å². The summed E-state index contributed by atoms with van der Waals surface area (Å²) in [5.41, 5.74) is 3.25. The minimum absolute atomic E-state index is 0.0365. The highest BCUT2D eigenvalue weighted by molar-refractivity contribution is 6.02. The number of rotatable bonds is 4. The van der Waals surface area contributed by atoms with Gasteiger partial charge in [0.05, 0.1) is 5.92 Å². The molecule has 0 unspecified atom stereocenters. The lowest BCUT2D eigenvalue weighted by atomic mass is 9.70. The van der Waals surface area contributed by atoms with Gasteiger partial charge < -0.3 is 0 Å². The zero-order chi connectivity index (χ0) is 17.1. The second-order valence-corrected chi connectivity index (χ2v) is 7.60. The zero-order valence-electron chi connectivity index (χ0n) is 14.7. The Balaban J connectivity index is 1.66. The second-order valence-electron chi connectivity index (χ2n) is 7.60. The van der Waals surface area contributed by atoms with E-state index in [0.717, 1.165) is 17.9 Å². The van der Waals surface area contributed by atoms with E-state index in [4.69, 9.17) is 0 Å². The van der Waals surface area contributed by atoms with E-state index in [2.05, 4.69) is 36.4 Å². The minimum atomic E-state index is -0.0365. The van der Waals surface area contributed by atoms with Crippen molar-refractivity contribution in [3.8, 4) is 0 Å². The van der Waals surface area contributed by atoms with Crippen LogP contribution in [0, 0.1) is 11.8 Å². The van der Waals surface area contributed by atoms with Gasteiger partial charge in [-0.25, -0.2) is 0 Å². The summed E-state index contributed by atoms with van der Waals surface area (Å²) < 4.78 is 0. The Morgan fingerprint density at radius 3 is 2.40 bits per heavy atom. The van der Waals surface area contributed by atoms with Crippen molar-refractivity contribution in [1.29, 1.82) is 0 Å². The third-order valence-corrected chi connectivity index (χ3v) is 5.95. The van der Waals surface area contributed by atoms with E-state index in [-0.39, 0.29) is 11.7 Å². The molecule has 1 saturated carbocycles. The van der Waals surface area contributed by atoms with Crippen LogP contribution in [-0.2, 0) is 0 Å². The minimum Gasteiger partial charge on any atom is -0.293 e. The molecule has 1 fully saturated rings. The molecular weight excluding hydrogens is 304 g/mol. The quantitative estimate of drug-likeness (QED) is 0.604. The SMILES string of the molecule is O=C(c1ccccc1)[C@@H]1c2ccccc2C=C[C@H]1CC1CCCCC1. The smallest absolute Gasteiger partial charge is 0.170 e. The van der Waals surface area contributed by atoms with Gasteiger partial charge in [0.2, 0.25) is 0 Å². The van der Waals surface area contributed by atoms with Crippen molar-refractivity contribution in [3.63, 3.8) is 0 Å². The molecule has 0 heterocycles. The number of ketones is 1. The molecule has 0 saturated heterocycles. The first-order valence-electron chi connectivity index (χ1n) is 9.69. The van der Waals surface area contributed by atoms with Crippen molar-refractivity contribution >= 4 is 11.9 Å². The van der Waals surface area contributed by atoms with Gasteiger partial charge in [-0.15, -0.1) is 0 Å². The molecule has 0 N–H and O–H groups in total. The van der Waals surface area contributed by atoms with Crippen LogP contribution in [0.1, 0.15) is 65.9 Å². The fourth-order valence-electron chi connectivity index (χ4n) is 4.65. The lowest BCUT2D eigenvalue weighted by Gasteiger charge is -2.33. The van der Waals surface area contributed by atoms with E-state index < -0.39 is 0 Å². The summed E-state index contributed by atoms with van der Waals surface area (Å²) in [4.78, 5) is 13.4. The van der Waals surface area contributed by atoms with E-state index in [9.17, 15) is 4.79 Å². The monoisotopic (exact) mass is 330 g/mol. The molecule has 2 atom stereocenters. The fraction of sp³-hybridized carbons (Fsp3) is 0.375. The standard InChI is InChI=1S/C24H26O/c25-24(20-12-5-2-6-13-20)23-21(17-18-9-3-1-4-10-18)16-15-19-11-7-8-14-22(19)23/h2,5-8,11-16,18,21,23H,1,3-4,9-10,17H2/t21-,23-/m0/s1. The van der Waals surface area contributed by atoms with Gasteiger partial charge in [-0.1, -0.05) is 98.9 Å². The molecule has 0 bridgehead atoms. The fourth-order valence-corrected chi connectivity index (χ4v) is 4.65. The van der Waals surface area contributed by atoms with Gasteiger partial charge >= 0.3 is 0 Å². The van der Waals surface area contributed by atoms with Gasteiger partial charge in [-0.2, -0.15) is 0 Å². The zero-order valence-corrected chi connectivity index (χ0v) is 14.7. The van der Waals surface area contributed by atoms with E-state index >= 15 is 0 Å². The summed E-state index contributed by atoms with van der Waals surface area (Å²) in [5.74, 6) is 1.34. The maximum atomic E-state index is 13.4. The molecule has 25 heavy (non-hydrogen) atoms. The highest BCUT2D eigenvalue weighted by Crippen LogP contribution is 2.41. The van der Waals surface area contributed by atoms with E-state index in [1.807, 2.05) is 30.3 Å². The Morgan fingerprint density at radius 2 is 1.60 bits per heavy atom. The molecule has 1 heteroatoms. The van der Waals surface area contributed by atoms with Gasteiger partial charge in [-0.3, -0.25) is 4.79 Å². The molecule has 1 nitrogen and oxygen atoms in total. The van der Waals surface area contributed by atoms with Crippen molar-refractivity contribution in [3.05, 3.63) is 77.4 Å². The first-order valence-corrected chi connectivity index (χ1v) is 9.69. The summed E-state index contributed by atoms with van der Waals surface area (Å²) in [5, 5.41) is 0. The Hall–Kier alpha value is -2.15. The van der Waals surface area contributed by atoms with E-state index in [0.29, 0.717) is 5.92 Å². The predicted octanol–water partition coefficient (Wildman–Crippen LogP) is 6.27. The van der Waals surface area contributed by atoms with Crippen molar-refractivity contribution in [2.75, 3.05) is 0 Å². The molecule has 0 amide bonds. The Morgan fingerprint density at radius 1 is 0.880 bits per heavy atom. The molecule has 0 radical (unpaired) electrons. The molecule has 0 aromatic heterocycles. The van der Waals surface area contributed by atoms with Crippen LogP contribution >= 0.6 is 0 Å². The van der Waals surface area contributed by atoms with E-state index in [1.54, 1.807) is 0 Å². The number of allylic oxidation sites excluding steroid dienone is 1. The van der Waals surface area contributed by atoms with Gasteiger partial charge in [0.25, 0.3) is 0 Å².